The molecule has 0 amide bonds. The van der Waals surface area contributed by atoms with Crippen LogP contribution < -0.4 is 0 Å². The van der Waals surface area contributed by atoms with Crippen molar-refractivity contribution >= 4 is 17.1 Å². The van der Waals surface area contributed by atoms with Crippen LogP contribution in [0.3, 0.4) is 0 Å². The Balaban J connectivity index is 2.11. The van der Waals surface area contributed by atoms with Gasteiger partial charge in [0.15, 0.2) is 5.78 Å². The van der Waals surface area contributed by atoms with E-state index in [1.807, 2.05) is 37.3 Å². The second-order valence-electron chi connectivity index (χ2n) is 4.61. The van der Waals surface area contributed by atoms with Gasteiger partial charge in [0, 0.05) is 22.8 Å². The number of benzene rings is 1. The summed E-state index contributed by atoms with van der Waals surface area (Å²) >= 11 is 1.72. The van der Waals surface area contributed by atoms with Crippen molar-refractivity contribution < 1.29 is 9.53 Å². The van der Waals surface area contributed by atoms with E-state index in [4.69, 9.17) is 4.74 Å². The molecule has 0 radical (unpaired) electrons. The van der Waals surface area contributed by atoms with Crippen molar-refractivity contribution in [2.24, 2.45) is 0 Å². The zero-order valence-corrected chi connectivity index (χ0v) is 12.8. The van der Waals surface area contributed by atoms with Crippen molar-refractivity contribution in [2.45, 2.75) is 32.8 Å². The number of ether oxygens (including phenoxy) is 1. The summed E-state index contributed by atoms with van der Waals surface area (Å²) in [6.45, 7) is 4.59. The summed E-state index contributed by atoms with van der Waals surface area (Å²) in [5.41, 5.74) is 0.937. The molecule has 0 fully saturated rings. The van der Waals surface area contributed by atoms with Crippen LogP contribution in [0.1, 0.15) is 35.3 Å². The molecule has 0 spiro atoms. The van der Waals surface area contributed by atoms with Gasteiger partial charge in [-0.1, -0.05) is 37.3 Å². The van der Waals surface area contributed by atoms with Crippen molar-refractivity contribution in [3.05, 3.63) is 57.8 Å². The SMILES string of the molecule is CCOC(C(=O)Cc1ccc(CC)s1)c1ccccc1. The maximum absolute atomic E-state index is 12.5. The fourth-order valence-corrected chi connectivity index (χ4v) is 3.11. The molecule has 1 atom stereocenters. The van der Waals surface area contributed by atoms with Crippen LogP contribution in [0, 0.1) is 0 Å². The second-order valence-corrected chi connectivity index (χ2v) is 5.86. The van der Waals surface area contributed by atoms with Gasteiger partial charge in [0.1, 0.15) is 6.10 Å². The molecule has 2 rings (SSSR count). The molecule has 0 bridgehead atoms. The van der Waals surface area contributed by atoms with E-state index in [0.29, 0.717) is 13.0 Å². The van der Waals surface area contributed by atoms with E-state index >= 15 is 0 Å². The Bertz CT molecular complexity index is 545. The molecule has 106 valence electrons. The predicted molar refractivity (Wildman–Crippen MR) is 83.2 cm³/mol. The third-order valence-corrected chi connectivity index (χ3v) is 4.37. The summed E-state index contributed by atoms with van der Waals surface area (Å²) in [7, 11) is 0. The first-order valence-corrected chi connectivity index (χ1v) is 7.83. The molecule has 2 nitrogen and oxygen atoms in total. The largest absolute Gasteiger partial charge is 0.366 e. The van der Waals surface area contributed by atoms with Gasteiger partial charge < -0.3 is 4.74 Å². The monoisotopic (exact) mass is 288 g/mol. The minimum absolute atomic E-state index is 0.127. The van der Waals surface area contributed by atoms with Crippen LogP contribution in [0.25, 0.3) is 0 Å². The number of thiophene rings is 1. The highest BCUT2D eigenvalue weighted by Crippen LogP contribution is 2.23. The minimum atomic E-state index is -0.451. The summed E-state index contributed by atoms with van der Waals surface area (Å²) in [6.07, 6.45) is 1.02. The molecule has 20 heavy (non-hydrogen) atoms. The Kier molecular flexibility index (Phi) is 5.50. The molecule has 0 aliphatic heterocycles. The van der Waals surface area contributed by atoms with Crippen molar-refractivity contribution in [1.82, 2.24) is 0 Å². The highest BCUT2D eigenvalue weighted by Gasteiger charge is 2.21. The first kappa shape index (κ1) is 14.9. The van der Waals surface area contributed by atoms with E-state index in [0.717, 1.165) is 16.9 Å². The molecular formula is C17H20O2S. The molecule has 0 aliphatic rings. The molecule has 1 unspecified atom stereocenters. The van der Waals surface area contributed by atoms with Gasteiger partial charge in [0.2, 0.25) is 0 Å². The molecule has 0 saturated carbocycles. The Morgan fingerprint density at radius 3 is 2.40 bits per heavy atom. The van der Waals surface area contributed by atoms with Gasteiger partial charge >= 0.3 is 0 Å². The fourth-order valence-electron chi connectivity index (χ4n) is 2.14. The first-order chi connectivity index (χ1) is 9.74. The number of rotatable bonds is 7. The lowest BCUT2D eigenvalue weighted by Gasteiger charge is -2.15. The van der Waals surface area contributed by atoms with E-state index in [1.54, 1.807) is 11.3 Å². The number of Topliss-reactive ketones (excluding diaryl/α,β-unsaturated/α-hetero) is 1. The summed E-state index contributed by atoms with van der Waals surface area (Å²) < 4.78 is 5.65. The first-order valence-electron chi connectivity index (χ1n) is 7.01. The van der Waals surface area contributed by atoms with Gasteiger partial charge in [0.05, 0.1) is 0 Å². The quantitative estimate of drug-likeness (QED) is 0.763. The predicted octanol–water partition coefficient (Wildman–Crippen LogP) is 4.20. The van der Waals surface area contributed by atoms with Crippen LogP contribution in [0.15, 0.2) is 42.5 Å². The normalized spacial score (nSPS) is 12.3. The smallest absolute Gasteiger partial charge is 0.171 e. The fraction of sp³-hybridized carbons (Fsp3) is 0.353. The van der Waals surface area contributed by atoms with E-state index in [-0.39, 0.29) is 5.78 Å². The lowest BCUT2D eigenvalue weighted by Crippen LogP contribution is -2.17. The molecule has 1 aromatic heterocycles. The van der Waals surface area contributed by atoms with Crippen LogP contribution >= 0.6 is 11.3 Å². The molecule has 0 N–H and O–H groups in total. The average molecular weight is 288 g/mol. The molecule has 1 aromatic carbocycles. The number of carbonyl (C=O) groups excluding carboxylic acids is 1. The van der Waals surface area contributed by atoms with E-state index in [9.17, 15) is 4.79 Å². The van der Waals surface area contributed by atoms with Gasteiger partial charge in [-0.15, -0.1) is 11.3 Å². The highest BCUT2D eigenvalue weighted by molar-refractivity contribution is 7.12. The molecular weight excluding hydrogens is 268 g/mol. The molecule has 1 heterocycles. The van der Waals surface area contributed by atoms with Gasteiger partial charge in [-0.05, 0) is 31.0 Å². The van der Waals surface area contributed by atoms with E-state index in [2.05, 4.69) is 19.1 Å². The van der Waals surface area contributed by atoms with Gasteiger partial charge in [-0.2, -0.15) is 0 Å². The van der Waals surface area contributed by atoms with Crippen molar-refractivity contribution in [1.29, 1.82) is 0 Å². The highest BCUT2D eigenvalue weighted by atomic mass is 32.1. The number of hydrogen-bond donors (Lipinski definition) is 0. The van der Waals surface area contributed by atoms with E-state index in [1.165, 1.54) is 4.88 Å². The maximum Gasteiger partial charge on any atom is 0.171 e. The molecule has 0 saturated heterocycles. The topological polar surface area (TPSA) is 26.3 Å². The van der Waals surface area contributed by atoms with Crippen LogP contribution in [-0.4, -0.2) is 12.4 Å². The lowest BCUT2D eigenvalue weighted by molar-refractivity contribution is -0.130. The summed E-state index contributed by atoms with van der Waals surface area (Å²) in [4.78, 5) is 14.9. The second kappa shape index (κ2) is 7.36. The Labute approximate surface area is 124 Å². The average Bonchev–Trinajstić information content (AvgIpc) is 2.93. The third-order valence-electron chi connectivity index (χ3n) is 3.14. The van der Waals surface area contributed by atoms with Gasteiger partial charge in [-0.3, -0.25) is 4.79 Å². The molecule has 0 aliphatic carbocycles. The number of carbonyl (C=O) groups is 1. The van der Waals surface area contributed by atoms with Gasteiger partial charge in [-0.25, -0.2) is 0 Å². The minimum Gasteiger partial charge on any atom is -0.366 e. The lowest BCUT2D eigenvalue weighted by atomic mass is 10.0. The zero-order valence-electron chi connectivity index (χ0n) is 12.0. The number of aryl methyl sites for hydroxylation is 1. The van der Waals surface area contributed by atoms with Crippen LogP contribution in [-0.2, 0) is 22.4 Å². The third kappa shape index (κ3) is 3.78. The summed E-state index contributed by atoms with van der Waals surface area (Å²) in [5.74, 6) is 0.127. The Morgan fingerprint density at radius 1 is 1.10 bits per heavy atom. The summed E-state index contributed by atoms with van der Waals surface area (Å²) in [6, 6.07) is 13.9. The van der Waals surface area contributed by atoms with Crippen molar-refractivity contribution in [3.63, 3.8) is 0 Å². The zero-order chi connectivity index (χ0) is 14.4. The Morgan fingerprint density at radius 2 is 1.80 bits per heavy atom. The number of hydrogen-bond acceptors (Lipinski definition) is 3. The maximum atomic E-state index is 12.5. The van der Waals surface area contributed by atoms with Crippen LogP contribution in [0.4, 0.5) is 0 Å². The molecule has 2 aromatic rings. The van der Waals surface area contributed by atoms with E-state index < -0.39 is 6.10 Å². The Hall–Kier alpha value is -1.45. The van der Waals surface area contributed by atoms with Gasteiger partial charge in [0.25, 0.3) is 0 Å². The standard InChI is InChI=1S/C17H20O2S/c1-3-14-10-11-15(20-14)12-16(18)17(19-4-2)13-8-6-5-7-9-13/h5-11,17H,3-4,12H2,1-2H3. The van der Waals surface area contributed by atoms with Crippen molar-refractivity contribution in [3.8, 4) is 0 Å². The molecule has 3 heteroatoms. The number of ketones is 1. The van der Waals surface area contributed by atoms with Crippen LogP contribution in [0.2, 0.25) is 0 Å². The van der Waals surface area contributed by atoms with Crippen molar-refractivity contribution in [2.75, 3.05) is 6.61 Å². The van der Waals surface area contributed by atoms with Crippen LogP contribution in [0.5, 0.6) is 0 Å². The summed E-state index contributed by atoms with van der Waals surface area (Å²) in [5, 5.41) is 0.